The fourth-order valence-electron chi connectivity index (χ4n) is 2.81. The number of benzene rings is 1. The van der Waals surface area contributed by atoms with Gasteiger partial charge in [-0.25, -0.2) is 9.82 Å². The first kappa shape index (κ1) is 15.9. The van der Waals surface area contributed by atoms with Gasteiger partial charge in [-0.1, -0.05) is 12.1 Å². The van der Waals surface area contributed by atoms with E-state index in [0.717, 1.165) is 5.56 Å². The Morgan fingerprint density at radius 2 is 2.26 bits per heavy atom. The van der Waals surface area contributed by atoms with Crippen molar-refractivity contribution in [1.29, 1.82) is 0 Å². The van der Waals surface area contributed by atoms with E-state index in [4.69, 9.17) is 0 Å². The molecule has 2 aliphatic rings. The van der Waals surface area contributed by atoms with E-state index < -0.39 is 0 Å². The number of guanidine groups is 1. The summed E-state index contributed by atoms with van der Waals surface area (Å²) < 4.78 is 13.4. The van der Waals surface area contributed by atoms with Gasteiger partial charge >= 0.3 is 0 Å². The van der Waals surface area contributed by atoms with Crippen LogP contribution in [-0.2, 0) is 4.79 Å². The molecule has 3 atom stereocenters. The Labute approximate surface area is 134 Å². The molecular weight excluding hydrogens is 299 g/mol. The van der Waals surface area contributed by atoms with Crippen molar-refractivity contribution in [3.8, 4) is 0 Å². The number of aliphatic imine (C=N–C) groups is 1. The molecule has 3 rings (SSSR count). The lowest BCUT2D eigenvalue weighted by Gasteiger charge is -2.28. The van der Waals surface area contributed by atoms with Gasteiger partial charge in [0.15, 0.2) is 5.96 Å². The third kappa shape index (κ3) is 3.49. The van der Waals surface area contributed by atoms with Gasteiger partial charge in [0.05, 0.1) is 18.5 Å². The number of nitrogens with zero attached hydrogens (tertiary/aromatic N) is 2. The zero-order valence-electron chi connectivity index (χ0n) is 13.1. The van der Waals surface area contributed by atoms with Crippen LogP contribution in [0.1, 0.15) is 11.6 Å². The van der Waals surface area contributed by atoms with E-state index in [1.807, 2.05) is 25.1 Å². The lowest BCUT2D eigenvalue weighted by atomic mass is 10.1. The van der Waals surface area contributed by atoms with E-state index in [1.54, 1.807) is 6.07 Å². The molecule has 0 spiro atoms. The van der Waals surface area contributed by atoms with Crippen LogP contribution in [0.15, 0.2) is 29.3 Å². The fraction of sp³-hybridized carbons (Fsp3) is 0.467. The first-order valence-electron chi connectivity index (χ1n) is 7.57. The molecule has 8 heteroatoms. The highest BCUT2D eigenvalue weighted by Gasteiger charge is 2.37. The summed E-state index contributed by atoms with van der Waals surface area (Å²) in [7, 11) is 3.84. The van der Waals surface area contributed by atoms with Crippen molar-refractivity contribution in [2.24, 2.45) is 10.9 Å². The molecule has 1 aromatic rings. The molecule has 1 aromatic carbocycles. The van der Waals surface area contributed by atoms with Gasteiger partial charge in [0.25, 0.3) is 0 Å². The molecule has 2 aliphatic heterocycles. The molecule has 2 fully saturated rings. The Hall–Kier alpha value is -2.03. The van der Waals surface area contributed by atoms with Gasteiger partial charge in [0.2, 0.25) is 5.91 Å². The lowest BCUT2D eigenvalue weighted by molar-refractivity contribution is -0.124. The number of carbonyl (C=O) groups excluding carboxylic acids is 1. The number of halogens is 1. The van der Waals surface area contributed by atoms with E-state index in [1.165, 1.54) is 12.1 Å². The minimum Gasteiger partial charge on any atom is -0.339 e. The lowest BCUT2D eigenvalue weighted by Crippen LogP contribution is -2.61. The van der Waals surface area contributed by atoms with Gasteiger partial charge in [-0.05, 0) is 31.8 Å². The highest BCUT2D eigenvalue weighted by molar-refractivity contribution is 6.01. The molecular formula is C15H21FN6O. The van der Waals surface area contributed by atoms with Crippen LogP contribution >= 0.6 is 0 Å². The second kappa shape index (κ2) is 6.61. The van der Waals surface area contributed by atoms with E-state index in [9.17, 15) is 9.18 Å². The number of amides is 1. The predicted molar refractivity (Wildman–Crippen MR) is 84.8 cm³/mol. The van der Waals surface area contributed by atoms with Gasteiger partial charge in [-0.15, -0.1) is 0 Å². The predicted octanol–water partition coefficient (Wildman–Crippen LogP) is -0.446. The van der Waals surface area contributed by atoms with Crippen LogP contribution in [0.25, 0.3) is 0 Å². The standard InChI is InChI=1S/C15H21FN6O/c1-22(2)12(9-4-3-5-10(16)6-9)8-17-15-19-13-11(7-18-21-13)14(23)20-15/h3-6,11-13,18,21H,7-8H2,1-2H3,(H2,17,19,20,23). The minimum absolute atomic E-state index is 0.0582. The summed E-state index contributed by atoms with van der Waals surface area (Å²) in [6, 6.07) is 6.41. The third-order valence-electron chi connectivity index (χ3n) is 4.13. The molecule has 124 valence electrons. The second-order valence-corrected chi connectivity index (χ2v) is 5.97. The van der Waals surface area contributed by atoms with Crippen LogP contribution in [0.4, 0.5) is 4.39 Å². The smallest absolute Gasteiger partial charge is 0.234 e. The summed E-state index contributed by atoms with van der Waals surface area (Å²) in [5.74, 6) is -0.0372. The van der Waals surface area contributed by atoms with Crippen molar-refractivity contribution in [3.63, 3.8) is 0 Å². The molecule has 0 radical (unpaired) electrons. The molecule has 0 saturated carbocycles. The summed E-state index contributed by atoms with van der Waals surface area (Å²) >= 11 is 0. The maximum atomic E-state index is 13.4. The Morgan fingerprint density at radius 1 is 1.43 bits per heavy atom. The van der Waals surface area contributed by atoms with Gasteiger partial charge in [0, 0.05) is 6.54 Å². The number of likely N-dealkylation sites (N-methyl/N-ethyl adjacent to an activating group) is 1. The number of hydrazine groups is 1. The third-order valence-corrected chi connectivity index (χ3v) is 4.13. The number of hydrogen-bond acceptors (Lipinski definition) is 5. The SMILES string of the molecule is CN(C)C(CN=C1NC(=O)C2CNNC2N1)c1cccc(F)c1. The van der Waals surface area contributed by atoms with Crippen molar-refractivity contribution < 1.29 is 9.18 Å². The van der Waals surface area contributed by atoms with Crippen LogP contribution in [0.5, 0.6) is 0 Å². The van der Waals surface area contributed by atoms with Crippen molar-refractivity contribution in [3.05, 3.63) is 35.6 Å². The maximum absolute atomic E-state index is 13.4. The molecule has 2 saturated heterocycles. The second-order valence-electron chi connectivity index (χ2n) is 5.97. The van der Waals surface area contributed by atoms with Gasteiger partial charge in [-0.3, -0.25) is 20.5 Å². The topological polar surface area (TPSA) is 80.8 Å². The van der Waals surface area contributed by atoms with Crippen molar-refractivity contribution in [1.82, 2.24) is 26.4 Å². The van der Waals surface area contributed by atoms with Crippen LogP contribution in [0, 0.1) is 11.7 Å². The van der Waals surface area contributed by atoms with E-state index >= 15 is 0 Å². The zero-order chi connectivity index (χ0) is 16.4. The average molecular weight is 320 g/mol. The summed E-state index contributed by atoms with van der Waals surface area (Å²) in [5.41, 5.74) is 6.81. The van der Waals surface area contributed by atoms with Crippen LogP contribution in [-0.4, -0.2) is 50.1 Å². The monoisotopic (exact) mass is 320 g/mol. The Balaban J connectivity index is 1.72. The summed E-state index contributed by atoms with van der Waals surface area (Å²) in [5, 5.41) is 5.93. The quantitative estimate of drug-likeness (QED) is 0.604. The molecule has 0 aromatic heterocycles. The van der Waals surface area contributed by atoms with Crippen molar-refractivity contribution >= 4 is 11.9 Å². The molecule has 7 nitrogen and oxygen atoms in total. The highest BCUT2D eigenvalue weighted by atomic mass is 19.1. The summed E-state index contributed by atoms with van der Waals surface area (Å²) in [6.07, 6.45) is -0.158. The minimum atomic E-state index is -0.268. The molecule has 0 aliphatic carbocycles. The molecule has 4 N–H and O–H groups in total. The number of fused-ring (bicyclic) bond motifs is 1. The Bertz CT molecular complexity index is 620. The van der Waals surface area contributed by atoms with Crippen molar-refractivity contribution in [2.75, 3.05) is 27.2 Å². The summed E-state index contributed by atoms with van der Waals surface area (Å²) in [4.78, 5) is 18.4. The Morgan fingerprint density at radius 3 is 3.00 bits per heavy atom. The summed E-state index contributed by atoms with van der Waals surface area (Å²) in [6.45, 7) is 0.990. The molecule has 2 heterocycles. The van der Waals surface area contributed by atoms with Crippen LogP contribution < -0.4 is 21.5 Å². The number of rotatable bonds is 4. The largest absolute Gasteiger partial charge is 0.339 e. The van der Waals surface area contributed by atoms with Gasteiger partial charge < -0.3 is 10.2 Å². The molecule has 23 heavy (non-hydrogen) atoms. The Kier molecular flexibility index (Phi) is 4.56. The van der Waals surface area contributed by atoms with Gasteiger partial charge in [-0.2, -0.15) is 0 Å². The van der Waals surface area contributed by atoms with Crippen LogP contribution in [0.3, 0.4) is 0 Å². The van der Waals surface area contributed by atoms with Gasteiger partial charge in [0.1, 0.15) is 12.0 Å². The van der Waals surface area contributed by atoms with Crippen molar-refractivity contribution in [2.45, 2.75) is 12.2 Å². The van der Waals surface area contributed by atoms with E-state index in [2.05, 4.69) is 26.5 Å². The maximum Gasteiger partial charge on any atom is 0.234 e. The fourth-order valence-corrected chi connectivity index (χ4v) is 2.81. The number of carbonyl (C=O) groups is 1. The average Bonchev–Trinajstić information content (AvgIpc) is 2.96. The van der Waals surface area contributed by atoms with Crippen LogP contribution in [0.2, 0.25) is 0 Å². The molecule has 1 amide bonds. The first-order valence-corrected chi connectivity index (χ1v) is 7.57. The molecule has 0 bridgehead atoms. The highest BCUT2D eigenvalue weighted by Crippen LogP contribution is 2.19. The normalized spacial score (nSPS) is 26.8. The zero-order valence-corrected chi connectivity index (χ0v) is 13.1. The first-order chi connectivity index (χ1) is 11.0. The van der Waals surface area contributed by atoms with E-state index in [-0.39, 0.29) is 29.8 Å². The number of hydrogen-bond donors (Lipinski definition) is 4. The molecule has 3 unspecified atom stereocenters. The van der Waals surface area contributed by atoms with E-state index in [0.29, 0.717) is 19.0 Å². The number of nitrogens with one attached hydrogen (secondary N) is 4.